The fourth-order valence-electron chi connectivity index (χ4n) is 1.84. The second kappa shape index (κ2) is 6.53. The molecule has 102 valence electrons. The average molecular weight is 257 g/mol. The molecule has 0 saturated heterocycles. The Morgan fingerprint density at radius 1 is 1.11 bits per heavy atom. The molecule has 0 spiro atoms. The third-order valence-corrected chi connectivity index (χ3v) is 3.58. The van der Waals surface area contributed by atoms with Crippen molar-refractivity contribution in [2.24, 2.45) is 11.8 Å². The maximum Gasteiger partial charge on any atom is 0.0766 e. The molecule has 0 aliphatic carbocycles. The van der Waals surface area contributed by atoms with Gasteiger partial charge >= 0.3 is 0 Å². The van der Waals surface area contributed by atoms with Gasteiger partial charge in [0, 0.05) is 12.7 Å². The van der Waals surface area contributed by atoms with Crippen molar-refractivity contribution in [2.75, 3.05) is 6.54 Å². The standard InChI is InChI=1S/C16H23N3/c1-13(2)14(3)11-17-12-15-9-10-19(18-15)16-7-5-4-6-8-16/h4-10,13-14,17H,11-12H2,1-3H3. The normalized spacial score (nSPS) is 12.8. The Morgan fingerprint density at radius 3 is 2.53 bits per heavy atom. The predicted octanol–water partition coefficient (Wildman–Crippen LogP) is 3.25. The zero-order chi connectivity index (χ0) is 13.7. The van der Waals surface area contributed by atoms with E-state index in [1.54, 1.807) is 0 Å². The fraction of sp³-hybridized carbons (Fsp3) is 0.438. The van der Waals surface area contributed by atoms with Crippen molar-refractivity contribution < 1.29 is 0 Å². The minimum Gasteiger partial charge on any atom is -0.311 e. The smallest absolute Gasteiger partial charge is 0.0766 e. The Kier molecular flexibility index (Phi) is 4.74. The zero-order valence-electron chi connectivity index (χ0n) is 12.0. The van der Waals surface area contributed by atoms with Gasteiger partial charge in [0.2, 0.25) is 0 Å². The van der Waals surface area contributed by atoms with Crippen LogP contribution in [0.25, 0.3) is 5.69 Å². The molecule has 2 aromatic rings. The SMILES string of the molecule is CC(C)C(C)CNCc1ccn(-c2ccccc2)n1. The van der Waals surface area contributed by atoms with Crippen molar-refractivity contribution in [3.05, 3.63) is 48.3 Å². The van der Waals surface area contributed by atoms with Crippen LogP contribution in [0.3, 0.4) is 0 Å². The molecule has 0 amide bonds. The van der Waals surface area contributed by atoms with Crippen LogP contribution in [0.4, 0.5) is 0 Å². The fourth-order valence-corrected chi connectivity index (χ4v) is 1.84. The van der Waals surface area contributed by atoms with Crippen LogP contribution in [-0.2, 0) is 6.54 Å². The molecule has 1 aromatic heterocycles. The summed E-state index contributed by atoms with van der Waals surface area (Å²) in [6, 6.07) is 12.3. The van der Waals surface area contributed by atoms with Crippen LogP contribution in [-0.4, -0.2) is 16.3 Å². The molecule has 1 unspecified atom stereocenters. The van der Waals surface area contributed by atoms with Crippen LogP contribution >= 0.6 is 0 Å². The van der Waals surface area contributed by atoms with Crippen molar-refractivity contribution in [2.45, 2.75) is 27.3 Å². The summed E-state index contributed by atoms with van der Waals surface area (Å²) in [5, 5.41) is 8.05. The number of hydrogen-bond acceptors (Lipinski definition) is 2. The first-order valence-electron chi connectivity index (χ1n) is 6.97. The molecular weight excluding hydrogens is 234 g/mol. The molecule has 0 aliphatic rings. The number of benzene rings is 1. The van der Waals surface area contributed by atoms with Crippen LogP contribution in [0.2, 0.25) is 0 Å². The zero-order valence-corrected chi connectivity index (χ0v) is 12.0. The van der Waals surface area contributed by atoms with E-state index in [1.165, 1.54) is 0 Å². The minimum absolute atomic E-state index is 0.691. The minimum atomic E-state index is 0.691. The van der Waals surface area contributed by atoms with E-state index in [4.69, 9.17) is 0 Å². The van der Waals surface area contributed by atoms with E-state index >= 15 is 0 Å². The first-order valence-corrected chi connectivity index (χ1v) is 6.97. The Labute approximate surface area is 115 Å². The van der Waals surface area contributed by atoms with E-state index in [1.807, 2.05) is 29.1 Å². The van der Waals surface area contributed by atoms with E-state index in [0.717, 1.165) is 30.4 Å². The van der Waals surface area contributed by atoms with Gasteiger partial charge in [0.25, 0.3) is 0 Å². The molecule has 3 nitrogen and oxygen atoms in total. The van der Waals surface area contributed by atoms with Gasteiger partial charge in [0.05, 0.1) is 11.4 Å². The number of nitrogens with zero attached hydrogens (tertiary/aromatic N) is 2. The highest BCUT2D eigenvalue weighted by Crippen LogP contribution is 2.09. The third-order valence-electron chi connectivity index (χ3n) is 3.58. The Bertz CT molecular complexity index is 488. The molecule has 0 saturated carbocycles. The summed E-state index contributed by atoms with van der Waals surface area (Å²) in [6.45, 7) is 8.67. The summed E-state index contributed by atoms with van der Waals surface area (Å²) < 4.78 is 1.92. The number of aromatic nitrogens is 2. The van der Waals surface area contributed by atoms with Crippen LogP contribution in [0.5, 0.6) is 0 Å². The van der Waals surface area contributed by atoms with Crippen molar-refractivity contribution in [3.8, 4) is 5.69 Å². The summed E-state index contributed by atoms with van der Waals surface area (Å²) >= 11 is 0. The maximum absolute atomic E-state index is 4.58. The molecule has 1 heterocycles. The summed E-state index contributed by atoms with van der Waals surface area (Å²) in [5.74, 6) is 1.41. The second-order valence-electron chi connectivity index (χ2n) is 5.44. The largest absolute Gasteiger partial charge is 0.311 e. The lowest BCUT2D eigenvalue weighted by Crippen LogP contribution is -2.24. The quantitative estimate of drug-likeness (QED) is 0.861. The first-order chi connectivity index (χ1) is 9.16. The number of rotatable bonds is 6. The van der Waals surface area contributed by atoms with Gasteiger partial charge in [0.1, 0.15) is 0 Å². The molecule has 1 atom stereocenters. The summed E-state index contributed by atoms with van der Waals surface area (Å²) in [5.41, 5.74) is 2.18. The van der Waals surface area contributed by atoms with Crippen LogP contribution in [0, 0.1) is 11.8 Å². The van der Waals surface area contributed by atoms with Crippen LogP contribution in [0.1, 0.15) is 26.5 Å². The molecule has 0 aliphatic heterocycles. The van der Waals surface area contributed by atoms with Gasteiger partial charge in [-0.1, -0.05) is 39.0 Å². The highest BCUT2D eigenvalue weighted by molar-refractivity contribution is 5.30. The lowest BCUT2D eigenvalue weighted by molar-refractivity contribution is 0.391. The molecule has 1 N–H and O–H groups in total. The predicted molar refractivity (Wildman–Crippen MR) is 79.3 cm³/mol. The van der Waals surface area contributed by atoms with Crippen LogP contribution in [0.15, 0.2) is 42.6 Å². The van der Waals surface area contributed by atoms with Crippen molar-refractivity contribution in [1.82, 2.24) is 15.1 Å². The van der Waals surface area contributed by atoms with E-state index in [2.05, 4.69) is 49.4 Å². The summed E-state index contributed by atoms with van der Waals surface area (Å²) in [7, 11) is 0. The third kappa shape index (κ3) is 3.93. The second-order valence-corrected chi connectivity index (χ2v) is 5.44. The molecule has 1 aromatic carbocycles. The van der Waals surface area contributed by atoms with Gasteiger partial charge in [-0.15, -0.1) is 0 Å². The van der Waals surface area contributed by atoms with Crippen LogP contribution < -0.4 is 5.32 Å². The lowest BCUT2D eigenvalue weighted by atomic mass is 9.98. The molecular formula is C16H23N3. The highest BCUT2D eigenvalue weighted by atomic mass is 15.3. The molecule has 0 radical (unpaired) electrons. The topological polar surface area (TPSA) is 29.9 Å². The molecule has 19 heavy (non-hydrogen) atoms. The van der Waals surface area contributed by atoms with E-state index in [-0.39, 0.29) is 0 Å². The lowest BCUT2D eigenvalue weighted by Gasteiger charge is -2.15. The Hall–Kier alpha value is -1.61. The monoisotopic (exact) mass is 257 g/mol. The van der Waals surface area contributed by atoms with E-state index < -0.39 is 0 Å². The molecule has 0 bridgehead atoms. The van der Waals surface area contributed by atoms with Gasteiger partial charge in [-0.2, -0.15) is 5.10 Å². The average Bonchev–Trinajstić information content (AvgIpc) is 2.88. The van der Waals surface area contributed by atoms with Gasteiger partial charge < -0.3 is 5.32 Å². The number of hydrogen-bond donors (Lipinski definition) is 1. The highest BCUT2D eigenvalue weighted by Gasteiger charge is 2.06. The van der Waals surface area contributed by atoms with Gasteiger partial charge in [-0.3, -0.25) is 0 Å². The van der Waals surface area contributed by atoms with Crippen molar-refractivity contribution in [3.63, 3.8) is 0 Å². The number of nitrogens with one attached hydrogen (secondary N) is 1. The van der Waals surface area contributed by atoms with E-state index in [9.17, 15) is 0 Å². The van der Waals surface area contributed by atoms with Gasteiger partial charge in [0.15, 0.2) is 0 Å². The summed E-state index contributed by atoms with van der Waals surface area (Å²) in [4.78, 5) is 0. The number of para-hydroxylation sites is 1. The van der Waals surface area contributed by atoms with Gasteiger partial charge in [-0.25, -0.2) is 4.68 Å². The Balaban J connectivity index is 1.88. The van der Waals surface area contributed by atoms with Crippen molar-refractivity contribution >= 4 is 0 Å². The molecule has 3 heteroatoms. The van der Waals surface area contributed by atoms with E-state index in [0.29, 0.717) is 5.92 Å². The first kappa shape index (κ1) is 13.8. The maximum atomic E-state index is 4.58. The summed E-state index contributed by atoms with van der Waals surface area (Å²) in [6.07, 6.45) is 2.01. The Morgan fingerprint density at radius 2 is 1.84 bits per heavy atom. The van der Waals surface area contributed by atoms with Gasteiger partial charge in [-0.05, 0) is 36.6 Å². The van der Waals surface area contributed by atoms with Crippen molar-refractivity contribution in [1.29, 1.82) is 0 Å². The molecule has 0 fully saturated rings. The molecule has 2 rings (SSSR count).